The molecule has 1 saturated heterocycles. The summed E-state index contributed by atoms with van der Waals surface area (Å²) in [5, 5.41) is 7.12. The smallest absolute Gasteiger partial charge is 0.475 e. The summed E-state index contributed by atoms with van der Waals surface area (Å²) in [5.41, 5.74) is 1.37. The van der Waals surface area contributed by atoms with Crippen LogP contribution in [0.5, 0.6) is 0 Å². The number of alkyl halides is 3. The summed E-state index contributed by atoms with van der Waals surface area (Å²) in [6, 6.07) is 9.13. The molecular formula is C22H24Br2F3N3O5S2. The first-order valence-electron chi connectivity index (χ1n) is 11.0. The van der Waals surface area contributed by atoms with Crippen LogP contribution in [0.2, 0.25) is 0 Å². The molecule has 1 fully saturated rings. The molecule has 3 heterocycles. The molecule has 1 unspecified atom stereocenters. The van der Waals surface area contributed by atoms with E-state index in [0.717, 1.165) is 46.6 Å². The molecular weight excluding hydrogens is 667 g/mol. The predicted molar refractivity (Wildman–Crippen MR) is 140 cm³/mol. The number of carboxylic acid groups (broad SMARTS) is 1. The summed E-state index contributed by atoms with van der Waals surface area (Å²) >= 11 is 7.91. The predicted octanol–water partition coefficient (Wildman–Crippen LogP) is 4.75. The average Bonchev–Trinajstić information content (AvgIpc) is 3.39. The highest BCUT2D eigenvalue weighted by Crippen LogP contribution is 2.43. The summed E-state index contributed by atoms with van der Waals surface area (Å²) in [6.07, 6.45) is -3.21. The number of amides is 1. The molecule has 0 saturated carbocycles. The zero-order valence-electron chi connectivity index (χ0n) is 19.7. The van der Waals surface area contributed by atoms with Crippen molar-refractivity contribution in [3.05, 3.63) is 44.2 Å². The van der Waals surface area contributed by atoms with Crippen LogP contribution >= 0.6 is 43.2 Å². The molecule has 15 heteroatoms. The number of likely N-dealkylation sites (N-methyl/N-ethyl adjacent to an activating group) is 1. The fraction of sp³-hybridized carbons (Fsp3) is 0.455. The Morgan fingerprint density at radius 2 is 1.73 bits per heavy atom. The molecule has 1 atom stereocenters. The molecule has 1 amide bonds. The molecule has 2 aliphatic rings. The van der Waals surface area contributed by atoms with E-state index in [1.54, 1.807) is 12.1 Å². The molecule has 0 bridgehead atoms. The first-order valence-corrected chi connectivity index (χ1v) is 14.8. The summed E-state index contributed by atoms with van der Waals surface area (Å²) in [5.74, 6) is -3.26. The Labute approximate surface area is 233 Å². The largest absolute Gasteiger partial charge is 0.490 e. The van der Waals surface area contributed by atoms with Crippen molar-refractivity contribution in [2.45, 2.75) is 35.2 Å². The maximum Gasteiger partial charge on any atom is 0.490 e. The Balaban J connectivity index is 0.000000479. The number of benzene rings is 1. The van der Waals surface area contributed by atoms with E-state index in [-0.39, 0.29) is 22.7 Å². The van der Waals surface area contributed by atoms with Gasteiger partial charge in [-0.2, -0.15) is 13.2 Å². The zero-order chi connectivity index (χ0) is 27.7. The minimum absolute atomic E-state index is 0.0109. The Morgan fingerprint density at radius 3 is 2.24 bits per heavy atom. The van der Waals surface area contributed by atoms with E-state index in [2.05, 4.69) is 43.8 Å². The first kappa shape index (κ1) is 29.9. The van der Waals surface area contributed by atoms with Gasteiger partial charge in [-0.1, -0.05) is 18.2 Å². The van der Waals surface area contributed by atoms with Gasteiger partial charge in [-0.05, 0) is 82.5 Å². The number of carboxylic acids is 1. The van der Waals surface area contributed by atoms with Gasteiger partial charge in [0.1, 0.15) is 4.21 Å². The van der Waals surface area contributed by atoms with E-state index in [9.17, 15) is 26.4 Å². The standard InChI is InChI=1S/C20H23Br2N3O3S2.C2HF3O2/c1-23-9-7-13(8-10-23)24(2)20(26)15-12-25(17-6-4-3-5-14(15)17)30(27,28)18-11-16(21)19(22)29-18;3-2(4,5)1(6)7/h3-6,11,13,15H,7-10,12H2,1-2H3;(H,6,7). The van der Waals surface area contributed by atoms with Crippen LogP contribution in [0.4, 0.5) is 18.9 Å². The molecule has 1 aromatic heterocycles. The van der Waals surface area contributed by atoms with Gasteiger partial charge >= 0.3 is 12.1 Å². The quantitative estimate of drug-likeness (QED) is 0.498. The number of rotatable bonds is 4. The molecule has 1 N–H and O–H groups in total. The van der Waals surface area contributed by atoms with Crippen LogP contribution in [0.1, 0.15) is 24.3 Å². The van der Waals surface area contributed by atoms with Gasteiger partial charge in [-0.25, -0.2) is 13.2 Å². The number of hydrogen-bond acceptors (Lipinski definition) is 6. The van der Waals surface area contributed by atoms with Crippen molar-refractivity contribution in [2.75, 3.05) is 38.0 Å². The highest BCUT2D eigenvalue weighted by molar-refractivity contribution is 9.13. The number of piperidine rings is 1. The fourth-order valence-electron chi connectivity index (χ4n) is 4.18. The number of likely N-dealkylation sites (tertiary alicyclic amines) is 1. The van der Waals surface area contributed by atoms with Crippen molar-refractivity contribution >= 4 is 70.8 Å². The number of carbonyl (C=O) groups is 2. The number of sulfonamides is 1. The Hall–Kier alpha value is -1.68. The third-order valence-electron chi connectivity index (χ3n) is 6.22. The second kappa shape index (κ2) is 11.6. The zero-order valence-corrected chi connectivity index (χ0v) is 24.5. The molecule has 2 aliphatic heterocycles. The van der Waals surface area contributed by atoms with E-state index in [1.165, 1.54) is 4.31 Å². The molecule has 37 heavy (non-hydrogen) atoms. The van der Waals surface area contributed by atoms with Gasteiger partial charge in [-0.3, -0.25) is 9.10 Å². The van der Waals surface area contributed by atoms with E-state index < -0.39 is 28.1 Å². The van der Waals surface area contributed by atoms with Crippen molar-refractivity contribution in [1.29, 1.82) is 0 Å². The summed E-state index contributed by atoms with van der Waals surface area (Å²) in [6.45, 7) is 2.06. The number of aliphatic carboxylic acids is 1. The Bertz CT molecular complexity index is 1240. The van der Waals surface area contributed by atoms with Crippen LogP contribution in [-0.4, -0.2) is 81.1 Å². The highest BCUT2D eigenvalue weighted by atomic mass is 79.9. The number of nitrogens with zero attached hydrogens (tertiary/aromatic N) is 3. The summed E-state index contributed by atoms with van der Waals surface area (Å²) in [4.78, 5) is 26.4. The van der Waals surface area contributed by atoms with Crippen LogP contribution in [0.3, 0.4) is 0 Å². The molecule has 0 aliphatic carbocycles. The van der Waals surface area contributed by atoms with E-state index in [4.69, 9.17) is 9.90 Å². The number of carbonyl (C=O) groups excluding carboxylic acids is 1. The topological polar surface area (TPSA) is 98.2 Å². The van der Waals surface area contributed by atoms with Gasteiger partial charge in [0.2, 0.25) is 5.91 Å². The average molecular weight is 691 g/mol. The summed E-state index contributed by atoms with van der Waals surface area (Å²) < 4.78 is 61.6. The molecule has 204 valence electrons. The fourth-order valence-corrected chi connectivity index (χ4v) is 8.62. The van der Waals surface area contributed by atoms with Crippen molar-refractivity contribution in [3.8, 4) is 0 Å². The third kappa shape index (κ3) is 6.67. The van der Waals surface area contributed by atoms with E-state index >= 15 is 0 Å². The maximum absolute atomic E-state index is 13.4. The Morgan fingerprint density at radius 1 is 1.16 bits per heavy atom. The molecule has 2 aromatic rings. The van der Waals surface area contributed by atoms with E-state index in [0.29, 0.717) is 10.2 Å². The summed E-state index contributed by atoms with van der Waals surface area (Å²) in [7, 11) is 0.182. The van der Waals surface area contributed by atoms with Crippen LogP contribution < -0.4 is 4.31 Å². The number of thiophene rings is 1. The van der Waals surface area contributed by atoms with Gasteiger partial charge in [0.25, 0.3) is 10.0 Å². The number of anilines is 1. The number of fused-ring (bicyclic) bond motifs is 1. The maximum atomic E-state index is 13.4. The van der Waals surface area contributed by atoms with Gasteiger partial charge < -0.3 is 14.9 Å². The van der Waals surface area contributed by atoms with Gasteiger partial charge in [-0.15, -0.1) is 11.3 Å². The van der Waals surface area contributed by atoms with Crippen molar-refractivity contribution in [2.24, 2.45) is 0 Å². The van der Waals surface area contributed by atoms with Crippen LogP contribution in [-0.2, 0) is 19.6 Å². The second-order valence-corrected chi connectivity index (χ2v) is 13.9. The minimum Gasteiger partial charge on any atom is -0.475 e. The highest BCUT2D eigenvalue weighted by Gasteiger charge is 2.42. The molecule has 0 spiro atoms. The monoisotopic (exact) mass is 689 g/mol. The van der Waals surface area contributed by atoms with Gasteiger partial charge in [0, 0.05) is 17.6 Å². The van der Waals surface area contributed by atoms with Crippen molar-refractivity contribution in [3.63, 3.8) is 0 Å². The van der Waals surface area contributed by atoms with E-state index in [1.807, 2.05) is 30.1 Å². The number of para-hydroxylation sites is 1. The lowest BCUT2D eigenvalue weighted by atomic mass is 9.97. The molecule has 0 radical (unpaired) electrons. The first-order chi connectivity index (χ1) is 17.1. The normalized spacial score (nSPS) is 18.7. The number of hydrogen-bond donors (Lipinski definition) is 1. The van der Waals surface area contributed by atoms with Gasteiger partial charge in [0.15, 0.2) is 0 Å². The molecule has 1 aromatic carbocycles. The van der Waals surface area contributed by atoms with Crippen LogP contribution in [0.15, 0.2) is 42.8 Å². The lowest BCUT2D eigenvalue weighted by Crippen LogP contribution is -2.46. The molecule has 4 rings (SSSR count). The minimum atomic E-state index is -5.08. The van der Waals surface area contributed by atoms with Gasteiger partial charge in [0.05, 0.1) is 21.9 Å². The SMILES string of the molecule is CN1CCC(N(C)C(=O)C2CN(S(=O)(=O)c3cc(Br)c(Br)s3)c3ccccc32)CC1.O=C(O)C(F)(F)F. The second-order valence-electron chi connectivity index (χ2n) is 8.62. The van der Waals surface area contributed by atoms with Crippen molar-refractivity contribution < 1.29 is 36.3 Å². The number of halogens is 5. The van der Waals surface area contributed by atoms with Crippen LogP contribution in [0.25, 0.3) is 0 Å². The Kier molecular flexibility index (Phi) is 9.36. The third-order valence-corrected chi connectivity index (χ3v) is 11.7. The van der Waals surface area contributed by atoms with Crippen LogP contribution in [0, 0.1) is 0 Å². The van der Waals surface area contributed by atoms with Crippen molar-refractivity contribution in [1.82, 2.24) is 9.80 Å². The lowest BCUT2D eigenvalue weighted by molar-refractivity contribution is -0.192. The lowest BCUT2D eigenvalue weighted by Gasteiger charge is -2.36. The molecule has 8 nitrogen and oxygen atoms in total.